The van der Waals surface area contributed by atoms with E-state index < -0.39 is 0 Å². The molecule has 1 saturated carbocycles. The molecule has 0 aromatic carbocycles. The van der Waals surface area contributed by atoms with Crippen LogP contribution in [-0.2, 0) is 5.41 Å². The third kappa shape index (κ3) is 3.64. The van der Waals surface area contributed by atoms with Crippen LogP contribution in [0.2, 0.25) is 0 Å². The van der Waals surface area contributed by atoms with Crippen LogP contribution in [0.1, 0.15) is 57.3 Å². The molecule has 6 nitrogen and oxygen atoms in total. The Balaban J connectivity index is 1.26. The van der Waals surface area contributed by atoms with Gasteiger partial charge in [-0.1, -0.05) is 27.2 Å². The van der Waals surface area contributed by atoms with Crippen LogP contribution in [-0.4, -0.2) is 39.8 Å². The van der Waals surface area contributed by atoms with Crippen molar-refractivity contribution in [2.45, 2.75) is 51.4 Å². The van der Waals surface area contributed by atoms with E-state index in [1.165, 1.54) is 25.0 Å². The van der Waals surface area contributed by atoms with Gasteiger partial charge in [-0.2, -0.15) is 5.10 Å². The molecule has 4 rings (SSSR count). The van der Waals surface area contributed by atoms with Gasteiger partial charge in [0.25, 0.3) is 0 Å². The average Bonchev–Trinajstić information content (AvgIpc) is 2.52. The average molecular weight is 352 g/mol. The summed E-state index contributed by atoms with van der Waals surface area (Å²) < 4.78 is 0. The fraction of sp³-hybridized carbons (Fsp3) is 0.600. The highest BCUT2D eigenvalue weighted by Gasteiger charge is 2.28. The summed E-state index contributed by atoms with van der Waals surface area (Å²) in [6, 6.07) is 6.31. The van der Waals surface area contributed by atoms with Crippen molar-refractivity contribution in [3.8, 4) is 0 Å². The zero-order chi connectivity index (χ0) is 18.1. The van der Waals surface area contributed by atoms with Crippen LogP contribution in [0.25, 0.3) is 0 Å². The molecule has 2 fully saturated rings. The second-order valence-electron chi connectivity index (χ2n) is 8.63. The Morgan fingerprint density at radius 1 is 1.12 bits per heavy atom. The minimum absolute atomic E-state index is 0.0445. The van der Waals surface area contributed by atoms with Gasteiger partial charge in [-0.15, -0.1) is 5.10 Å². The molecule has 0 bridgehead atoms. The van der Waals surface area contributed by atoms with Gasteiger partial charge in [0.15, 0.2) is 5.82 Å². The van der Waals surface area contributed by atoms with Crippen molar-refractivity contribution >= 4 is 11.6 Å². The monoisotopic (exact) mass is 352 g/mol. The summed E-state index contributed by atoms with van der Waals surface area (Å²) in [5.74, 6) is 3.19. The van der Waals surface area contributed by atoms with E-state index in [2.05, 4.69) is 69.4 Å². The van der Waals surface area contributed by atoms with Crippen LogP contribution in [0, 0.1) is 5.92 Å². The number of hydrogen-bond donors (Lipinski definition) is 1. The first-order valence-electron chi connectivity index (χ1n) is 9.64. The van der Waals surface area contributed by atoms with Crippen LogP contribution in [0.3, 0.4) is 0 Å². The zero-order valence-electron chi connectivity index (χ0n) is 15.9. The highest BCUT2D eigenvalue weighted by atomic mass is 15.3. The van der Waals surface area contributed by atoms with Crippen LogP contribution < -0.4 is 10.2 Å². The standard InChI is InChI=1S/C20H28N6/c1-20(2,3)17-7-8-19(25-24-17)26-11-14(12-26)10-21-18-9-16(22-13-23-18)15-5-4-6-15/h7-9,13-15H,4-6,10-12H2,1-3H3,(H,21,22,23). The van der Waals surface area contributed by atoms with Crippen molar-refractivity contribution in [2.75, 3.05) is 29.9 Å². The Morgan fingerprint density at radius 3 is 2.54 bits per heavy atom. The zero-order valence-corrected chi connectivity index (χ0v) is 15.9. The fourth-order valence-corrected chi connectivity index (χ4v) is 3.43. The molecule has 2 aromatic heterocycles. The molecular formula is C20H28N6. The lowest BCUT2D eigenvalue weighted by Crippen LogP contribution is -2.50. The first kappa shape index (κ1) is 17.2. The van der Waals surface area contributed by atoms with Crippen LogP contribution >= 0.6 is 0 Å². The molecule has 2 aromatic rings. The molecular weight excluding hydrogens is 324 g/mol. The molecule has 0 spiro atoms. The minimum atomic E-state index is 0.0445. The summed E-state index contributed by atoms with van der Waals surface area (Å²) in [5.41, 5.74) is 2.27. The third-order valence-electron chi connectivity index (χ3n) is 5.48. The van der Waals surface area contributed by atoms with E-state index in [1.54, 1.807) is 6.33 Å². The van der Waals surface area contributed by atoms with E-state index in [4.69, 9.17) is 0 Å². The molecule has 1 aliphatic heterocycles. The maximum absolute atomic E-state index is 4.42. The van der Waals surface area contributed by atoms with E-state index in [9.17, 15) is 0 Å². The van der Waals surface area contributed by atoms with Crippen LogP contribution in [0.5, 0.6) is 0 Å². The number of nitrogens with one attached hydrogen (secondary N) is 1. The summed E-state index contributed by atoms with van der Waals surface area (Å²) >= 11 is 0. The van der Waals surface area contributed by atoms with Gasteiger partial charge in [0.05, 0.1) is 5.69 Å². The summed E-state index contributed by atoms with van der Waals surface area (Å²) in [5, 5.41) is 12.3. The summed E-state index contributed by atoms with van der Waals surface area (Å²) in [7, 11) is 0. The summed E-state index contributed by atoms with van der Waals surface area (Å²) in [4.78, 5) is 11.1. The number of rotatable bonds is 5. The van der Waals surface area contributed by atoms with Gasteiger partial charge >= 0.3 is 0 Å². The van der Waals surface area contributed by atoms with Crippen molar-refractivity contribution in [3.05, 3.63) is 35.9 Å². The molecule has 0 atom stereocenters. The Labute approximate surface area is 155 Å². The SMILES string of the molecule is CC(C)(C)c1ccc(N2CC(CNc3cc(C4CCC4)ncn3)C2)nn1. The lowest BCUT2D eigenvalue weighted by molar-refractivity contribution is 0.410. The second-order valence-corrected chi connectivity index (χ2v) is 8.63. The molecule has 3 heterocycles. The normalized spacial score (nSPS) is 18.3. The molecule has 0 amide bonds. The van der Waals surface area contributed by atoms with Gasteiger partial charge in [-0.3, -0.25) is 0 Å². The smallest absolute Gasteiger partial charge is 0.151 e. The highest BCUT2D eigenvalue weighted by molar-refractivity contribution is 5.42. The van der Waals surface area contributed by atoms with Crippen molar-refractivity contribution < 1.29 is 0 Å². The molecule has 26 heavy (non-hydrogen) atoms. The molecule has 1 saturated heterocycles. The number of anilines is 2. The lowest BCUT2D eigenvalue weighted by atomic mass is 9.83. The maximum Gasteiger partial charge on any atom is 0.151 e. The lowest BCUT2D eigenvalue weighted by Gasteiger charge is -2.40. The predicted molar refractivity (Wildman–Crippen MR) is 104 cm³/mol. The Bertz CT molecular complexity index is 742. The van der Waals surface area contributed by atoms with Crippen LogP contribution in [0.4, 0.5) is 11.6 Å². The first-order chi connectivity index (χ1) is 12.5. The Kier molecular flexibility index (Phi) is 4.51. The minimum Gasteiger partial charge on any atom is -0.370 e. The second kappa shape index (κ2) is 6.82. The predicted octanol–water partition coefficient (Wildman–Crippen LogP) is 3.38. The molecule has 0 unspecified atom stereocenters. The van der Waals surface area contributed by atoms with E-state index >= 15 is 0 Å². The Morgan fingerprint density at radius 2 is 1.92 bits per heavy atom. The van der Waals surface area contributed by atoms with Gasteiger partial charge in [-0.25, -0.2) is 9.97 Å². The molecule has 138 valence electrons. The van der Waals surface area contributed by atoms with Gasteiger partial charge in [0, 0.05) is 48.6 Å². The van der Waals surface area contributed by atoms with Crippen molar-refractivity contribution in [1.29, 1.82) is 0 Å². The summed E-state index contributed by atoms with van der Waals surface area (Å²) in [6.45, 7) is 9.43. The quantitative estimate of drug-likeness (QED) is 0.890. The molecule has 1 aliphatic carbocycles. The topological polar surface area (TPSA) is 66.8 Å². The van der Waals surface area contributed by atoms with Gasteiger partial charge in [-0.05, 0) is 25.0 Å². The molecule has 0 radical (unpaired) electrons. The van der Waals surface area contributed by atoms with Gasteiger partial charge in [0.1, 0.15) is 12.1 Å². The fourth-order valence-electron chi connectivity index (χ4n) is 3.43. The summed E-state index contributed by atoms with van der Waals surface area (Å²) in [6.07, 6.45) is 5.55. The maximum atomic E-state index is 4.42. The number of nitrogens with zero attached hydrogens (tertiary/aromatic N) is 5. The highest BCUT2D eigenvalue weighted by Crippen LogP contribution is 2.35. The van der Waals surface area contributed by atoms with Gasteiger partial charge < -0.3 is 10.2 Å². The van der Waals surface area contributed by atoms with E-state index in [0.29, 0.717) is 11.8 Å². The van der Waals surface area contributed by atoms with E-state index in [-0.39, 0.29) is 5.41 Å². The Hall–Kier alpha value is -2.24. The van der Waals surface area contributed by atoms with E-state index in [0.717, 1.165) is 37.0 Å². The van der Waals surface area contributed by atoms with Crippen molar-refractivity contribution in [1.82, 2.24) is 20.2 Å². The number of hydrogen-bond acceptors (Lipinski definition) is 6. The van der Waals surface area contributed by atoms with Crippen LogP contribution in [0.15, 0.2) is 24.5 Å². The molecule has 6 heteroatoms. The molecule has 1 N–H and O–H groups in total. The van der Waals surface area contributed by atoms with Gasteiger partial charge in [0.2, 0.25) is 0 Å². The number of aromatic nitrogens is 4. The third-order valence-corrected chi connectivity index (χ3v) is 5.48. The largest absolute Gasteiger partial charge is 0.370 e. The first-order valence-corrected chi connectivity index (χ1v) is 9.64. The molecule has 2 aliphatic rings. The van der Waals surface area contributed by atoms with Crippen molar-refractivity contribution in [2.24, 2.45) is 5.92 Å². The van der Waals surface area contributed by atoms with Crippen molar-refractivity contribution in [3.63, 3.8) is 0 Å². The van der Waals surface area contributed by atoms with E-state index in [1.807, 2.05) is 0 Å².